The van der Waals surface area contributed by atoms with Crippen LogP contribution in [0.4, 0.5) is 0 Å². The first-order valence-corrected chi connectivity index (χ1v) is 10.2. The van der Waals surface area contributed by atoms with Crippen LogP contribution >= 0.6 is 0 Å². The second-order valence-corrected chi connectivity index (χ2v) is 7.41. The van der Waals surface area contributed by atoms with Crippen LogP contribution in [0.3, 0.4) is 0 Å². The lowest BCUT2D eigenvalue weighted by atomic mass is 10.0. The van der Waals surface area contributed by atoms with Gasteiger partial charge in [-0.15, -0.1) is 0 Å². The number of benzene rings is 2. The van der Waals surface area contributed by atoms with Gasteiger partial charge in [-0.25, -0.2) is 0 Å². The van der Waals surface area contributed by atoms with Gasteiger partial charge in [0.1, 0.15) is 11.5 Å². The van der Waals surface area contributed by atoms with Gasteiger partial charge in [0.05, 0.1) is 26.3 Å². The summed E-state index contributed by atoms with van der Waals surface area (Å²) >= 11 is 0. The van der Waals surface area contributed by atoms with E-state index in [1.54, 1.807) is 14.2 Å². The van der Waals surface area contributed by atoms with Crippen LogP contribution in [0.2, 0.25) is 0 Å². The molecule has 0 aliphatic rings. The Morgan fingerprint density at radius 2 is 1.81 bits per heavy atom. The van der Waals surface area contributed by atoms with Crippen molar-refractivity contribution in [3.63, 3.8) is 0 Å². The van der Waals surface area contributed by atoms with Gasteiger partial charge in [0.2, 0.25) is 5.91 Å². The topological polar surface area (TPSA) is 92.0 Å². The number of hydrogen-bond donors (Lipinski definition) is 3. The predicted molar refractivity (Wildman–Crippen MR) is 121 cm³/mol. The monoisotopic (exact) mass is 418 g/mol. The molecule has 0 atom stereocenters. The van der Waals surface area contributed by atoms with Crippen LogP contribution in [0.1, 0.15) is 16.8 Å². The fourth-order valence-electron chi connectivity index (χ4n) is 3.71. The predicted octanol–water partition coefficient (Wildman–Crippen LogP) is 3.79. The van der Waals surface area contributed by atoms with Crippen LogP contribution < -0.4 is 14.8 Å². The molecule has 0 radical (unpaired) electrons. The third-order valence-corrected chi connectivity index (χ3v) is 5.47. The zero-order chi connectivity index (χ0) is 21.8. The van der Waals surface area contributed by atoms with Gasteiger partial charge in [-0.05, 0) is 61.4 Å². The fourth-order valence-corrected chi connectivity index (χ4v) is 3.71. The zero-order valence-electron chi connectivity index (χ0n) is 17.9. The third kappa shape index (κ3) is 4.40. The fraction of sp³-hybridized carbons (Fsp3) is 0.250. The number of carbonyl (C=O) groups excluding carboxylic acids is 1. The van der Waals surface area contributed by atoms with E-state index >= 15 is 0 Å². The lowest BCUT2D eigenvalue weighted by molar-refractivity contribution is -0.120. The number of nitrogens with zero attached hydrogens (tertiary/aromatic N) is 1. The minimum Gasteiger partial charge on any atom is -0.497 e. The summed E-state index contributed by atoms with van der Waals surface area (Å²) in [5.74, 6) is 1.57. The molecule has 31 heavy (non-hydrogen) atoms. The molecule has 1 amide bonds. The number of ether oxygens (including phenoxy) is 2. The number of H-pyrrole nitrogens is 2. The van der Waals surface area contributed by atoms with Gasteiger partial charge in [-0.1, -0.05) is 0 Å². The van der Waals surface area contributed by atoms with Crippen molar-refractivity contribution in [3.05, 3.63) is 65.5 Å². The van der Waals surface area contributed by atoms with Gasteiger partial charge in [-0.3, -0.25) is 9.89 Å². The van der Waals surface area contributed by atoms with Gasteiger partial charge in [0.25, 0.3) is 0 Å². The number of rotatable bonds is 8. The Kier molecular flexibility index (Phi) is 5.93. The van der Waals surface area contributed by atoms with Gasteiger partial charge in [0.15, 0.2) is 0 Å². The summed E-state index contributed by atoms with van der Waals surface area (Å²) in [7, 11) is 3.29. The molecule has 0 spiro atoms. The number of carbonyl (C=O) groups is 1. The number of aromatic nitrogens is 3. The van der Waals surface area contributed by atoms with Crippen molar-refractivity contribution in [1.29, 1.82) is 0 Å². The number of aryl methyl sites for hydroxylation is 1. The van der Waals surface area contributed by atoms with Crippen LogP contribution in [0.15, 0.2) is 48.7 Å². The molecule has 0 fully saturated rings. The normalized spacial score (nSPS) is 10.9. The number of methoxy groups -OCH3 is 2. The first kappa shape index (κ1) is 20.5. The van der Waals surface area contributed by atoms with Crippen LogP contribution in [0, 0.1) is 6.92 Å². The summed E-state index contributed by atoms with van der Waals surface area (Å²) < 4.78 is 10.5. The lowest BCUT2D eigenvalue weighted by Crippen LogP contribution is -2.27. The van der Waals surface area contributed by atoms with Gasteiger partial charge >= 0.3 is 0 Å². The van der Waals surface area contributed by atoms with E-state index < -0.39 is 0 Å². The molecular formula is C24H26N4O3. The highest BCUT2D eigenvalue weighted by Crippen LogP contribution is 2.26. The van der Waals surface area contributed by atoms with E-state index in [9.17, 15) is 4.79 Å². The molecule has 3 N–H and O–H groups in total. The quantitative estimate of drug-likeness (QED) is 0.406. The molecule has 2 aromatic heterocycles. The van der Waals surface area contributed by atoms with E-state index in [1.807, 2.05) is 55.6 Å². The first-order chi connectivity index (χ1) is 15.1. The Hall–Kier alpha value is -3.74. The van der Waals surface area contributed by atoms with E-state index in [4.69, 9.17) is 9.47 Å². The van der Waals surface area contributed by atoms with Gasteiger partial charge in [-0.2, -0.15) is 5.10 Å². The van der Waals surface area contributed by atoms with Crippen LogP contribution in [-0.2, 0) is 17.6 Å². The maximum absolute atomic E-state index is 12.6. The zero-order valence-corrected chi connectivity index (χ0v) is 17.9. The summed E-state index contributed by atoms with van der Waals surface area (Å²) in [6, 6.07) is 13.6. The summed E-state index contributed by atoms with van der Waals surface area (Å²) in [5.41, 5.74) is 5.73. The molecule has 2 heterocycles. The Labute approximate surface area is 180 Å². The van der Waals surface area contributed by atoms with Crippen LogP contribution in [0.25, 0.3) is 22.2 Å². The highest BCUT2D eigenvalue weighted by atomic mass is 16.5. The number of amides is 1. The maximum atomic E-state index is 12.6. The van der Waals surface area contributed by atoms with Crippen molar-refractivity contribution < 1.29 is 14.3 Å². The van der Waals surface area contributed by atoms with Gasteiger partial charge in [0, 0.05) is 40.5 Å². The molecule has 7 nitrogen and oxygen atoms in total. The second kappa shape index (κ2) is 8.95. The summed E-state index contributed by atoms with van der Waals surface area (Å²) in [6.07, 6.45) is 2.98. The first-order valence-electron chi connectivity index (χ1n) is 10.2. The minimum absolute atomic E-state index is 0.0308. The Morgan fingerprint density at radius 3 is 2.55 bits per heavy atom. The average Bonchev–Trinajstić information content (AvgIpc) is 3.37. The Balaban J connectivity index is 1.40. The van der Waals surface area contributed by atoms with Crippen molar-refractivity contribution in [2.75, 3.05) is 20.8 Å². The van der Waals surface area contributed by atoms with E-state index in [0.29, 0.717) is 6.54 Å². The largest absolute Gasteiger partial charge is 0.497 e. The van der Waals surface area contributed by atoms with Crippen molar-refractivity contribution in [2.24, 2.45) is 0 Å². The molecule has 0 unspecified atom stereocenters. The highest BCUT2D eigenvalue weighted by Gasteiger charge is 2.16. The van der Waals surface area contributed by atoms with E-state index in [0.717, 1.165) is 56.9 Å². The molecule has 0 aliphatic carbocycles. The summed E-state index contributed by atoms with van der Waals surface area (Å²) in [6.45, 7) is 2.49. The van der Waals surface area contributed by atoms with E-state index in [-0.39, 0.29) is 12.3 Å². The summed E-state index contributed by atoms with van der Waals surface area (Å²) in [4.78, 5) is 15.9. The number of aromatic amines is 2. The molecule has 4 aromatic rings. The Morgan fingerprint density at radius 1 is 1.06 bits per heavy atom. The smallest absolute Gasteiger partial charge is 0.224 e. The number of nitrogens with one attached hydrogen (secondary N) is 3. The lowest BCUT2D eigenvalue weighted by Gasteiger charge is -2.07. The second-order valence-electron chi connectivity index (χ2n) is 7.41. The molecule has 7 heteroatoms. The van der Waals surface area contributed by atoms with Crippen molar-refractivity contribution in [1.82, 2.24) is 20.5 Å². The van der Waals surface area contributed by atoms with Gasteiger partial charge < -0.3 is 19.8 Å². The average molecular weight is 418 g/mol. The van der Waals surface area contributed by atoms with Crippen molar-refractivity contribution >= 4 is 16.8 Å². The summed E-state index contributed by atoms with van der Waals surface area (Å²) in [5, 5.41) is 11.5. The van der Waals surface area contributed by atoms with Crippen molar-refractivity contribution in [3.8, 4) is 22.8 Å². The SMILES string of the molecule is COc1ccc(-c2n[nH]c(C)c2CC(=O)NCCc2c[nH]c3ccc(OC)cc23)cc1. The molecular weight excluding hydrogens is 392 g/mol. The molecule has 160 valence electrons. The van der Waals surface area contributed by atoms with E-state index in [2.05, 4.69) is 20.5 Å². The molecule has 0 bridgehead atoms. The highest BCUT2D eigenvalue weighted by molar-refractivity contribution is 5.85. The minimum atomic E-state index is -0.0308. The van der Waals surface area contributed by atoms with Crippen LogP contribution in [-0.4, -0.2) is 41.9 Å². The molecule has 0 saturated carbocycles. The van der Waals surface area contributed by atoms with E-state index in [1.165, 1.54) is 0 Å². The van der Waals surface area contributed by atoms with Crippen LogP contribution in [0.5, 0.6) is 11.5 Å². The molecule has 0 aliphatic heterocycles. The third-order valence-electron chi connectivity index (χ3n) is 5.47. The molecule has 2 aromatic carbocycles. The standard InChI is InChI=1S/C24H26N4O3/c1-15-20(24(28-27-15)16-4-6-18(30-2)7-5-16)13-23(29)25-11-10-17-14-26-22-9-8-19(31-3)12-21(17)22/h4-9,12,14,26H,10-11,13H2,1-3H3,(H,25,29)(H,27,28). The molecule has 4 rings (SSSR count). The van der Waals surface area contributed by atoms with Crippen molar-refractivity contribution in [2.45, 2.75) is 19.8 Å². The number of fused-ring (bicyclic) bond motifs is 1. The maximum Gasteiger partial charge on any atom is 0.224 e. The Bertz CT molecular complexity index is 1190. The number of hydrogen-bond acceptors (Lipinski definition) is 4. The molecule has 0 saturated heterocycles.